The minimum Gasteiger partial charge on any atom is -0.322 e. The lowest BCUT2D eigenvalue weighted by molar-refractivity contribution is -0.113. The highest BCUT2D eigenvalue weighted by molar-refractivity contribution is 7.07. The van der Waals surface area contributed by atoms with Crippen LogP contribution in [0.4, 0.5) is 14.5 Å². The largest absolute Gasteiger partial charge is 0.322 e. The second-order valence-electron chi connectivity index (χ2n) is 8.01. The van der Waals surface area contributed by atoms with E-state index >= 15 is 0 Å². The van der Waals surface area contributed by atoms with Crippen molar-refractivity contribution in [2.75, 3.05) is 5.32 Å². The van der Waals surface area contributed by atoms with Crippen LogP contribution >= 0.6 is 11.3 Å². The van der Waals surface area contributed by atoms with Crippen LogP contribution in [0.5, 0.6) is 0 Å². The van der Waals surface area contributed by atoms with Crippen LogP contribution in [-0.2, 0) is 4.79 Å². The number of hydrogen-bond donors (Lipinski definition) is 1. The Hall–Kier alpha value is -4.17. The second-order valence-corrected chi connectivity index (χ2v) is 9.01. The minimum absolute atomic E-state index is 0.293. The molecule has 35 heavy (non-hydrogen) atoms. The van der Waals surface area contributed by atoms with Crippen molar-refractivity contribution in [3.8, 4) is 0 Å². The van der Waals surface area contributed by atoms with Crippen molar-refractivity contribution in [3.05, 3.63) is 133 Å². The number of nitrogens with one attached hydrogen (secondary N) is 1. The van der Waals surface area contributed by atoms with Crippen LogP contribution in [-0.4, -0.2) is 10.5 Å². The molecule has 0 saturated carbocycles. The Morgan fingerprint density at radius 1 is 0.971 bits per heavy atom. The van der Waals surface area contributed by atoms with Gasteiger partial charge in [0.2, 0.25) is 0 Å². The summed E-state index contributed by atoms with van der Waals surface area (Å²) in [5, 5.41) is 2.87. The number of anilines is 1. The zero-order valence-corrected chi connectivity index (χ0v) is 19.4. The molecule has 4 aromatic rings. The van der Waals surface area contributed by atoms with Gasteiger partial charge in [0.1, 0.15) is 11.6 Å². The molecule has 5 rings (SSSR count). The second kappa shape index (κ2) is 9.23. The number of hydrogen-bond acceptors (Lipinski definition) is 4. The maximum absolute atomic E-state index is 13.7. The molecule has 0 aliphatic carbocycles. The van der Waals surface area contributed by atoms with Crippen LogP contribution in [0.1, 0.15) is 24.1 Å². The van der Waals surface area contributed by atoms with E-state index in [1.54, 1.807) is 61.5 Å². The topological polar surface area (TPSA) is 63.5 Å². The highest BCUT2D eigenvalue weighted by Gasteiger charge is 2.32. The van der Waals surface area contributed by atoms with E-state index in [4.69, 9.17) is 0 Å². The summed E-state index contributed by atoms with van der Waals surface area (Å²) in [5.41, 5.74) is 2.25. The van der Waals surface area contributed by atoms with E-state index in [2.05, 4.69) is 10.3 Å². The van der Waals surface area contributed by atoms with Crippen molar-refractivity contribution >= 4 is 29.0 Å². The van der Waals surface area contributed by atoms with Crippen LogP contribution < -0.4 is 20.2 Å². The molecule has 0 bridgehead atoms. The average Bonchev–Trinajstić information content (AvgIpc) is 3.15. The summed E-state index contributed by atoms with van der Waals surface area (Å²) >= 11 is 1.18. The van der Waals surface area contributed by atoms with Gasteiger partial charge >= 0.3 is 0 Å². The summed E-state index contributed by atoms with van der Waals surface area (Å²) in [6.07, 6.45) is 1.66. The summed E-state index contributed by atoms with van der Waals surface area (Å²) in [6, 6.07) is 19.7. The first-order valence-corrected chi connectivity index (χ1v) is 11.6. The van der Waals surface area contributed by atoms with Crippen LogP contribution in [0.25, 0.3) is 6.08 Å². The molecule has 1 aliphatic rings. The van der Waals surface area contributed by atoms with Gasteiger partial charge < -0.3 is 5.32 Å². The fourth-order valence-electron chi connectivity index (χ4n) is 4.00. The summed E-state index contributed by atoms with van der Waals surface area (Å²) in [5.74, 6) is -1.20. The van der Waals surface area contributed by atoms with Gasteiger partial charge in [-0.1, -0.05) is 53.8 Å². The van der Waals surface area contributed by atoms with Gasteiger partial charge in [-0.2, -0.15) is 0 Å². The molecule has 1 aromatic heterocycles. The number of amides is 1. The third kappa shape index (κ3) is 4.48. The predicted octanol–water partition coefficient (Wildman–Crippen LogP) is 4.15. The maximum Gasteiger partial charge on any atom is 0.271 e. The van der Waals surface area contributed by atoms with E-state index < -0.39 is 17.8 Å². The number of fused-ring (bicyclic) bond motifs is 1. The highest BCUT2D eigenvalue weighted by Crippen LogP contribution is 2.30. The third-order valence-corrected chi connectivity index (χ3v) is 6.63. The molecule has 3 aromatic carbocycles. The molecule has 0 unspecified atom stereocenters. The fourth-order valence-corrected chi connectivity index (χ4v) is 5.05. The minimum atomic E-state index is -0.800. The van der Waals surface area contributed by atoms with Crippen molar-refractivity contribution in [1.82, 2.24) is 4.57 Å². The van der Waals surface area contributed by atoms with Crippen LogP contribution in [0, 0.1) is 11.6 Å². The van der Waals surface area contributed by atoms with E-state index in [0.29, 0.717) is 37.4 Å². The third-order valence-electron chi connectivity index (χ3n) is 5.65. The molecular formula is C27H19F2N3O2S. The summed E-state index contributed by atoms with van der Waals surface area (Å²) in [6.45, 7) is 1.72. The Bertz CT molecular complexity index is 1620. The van der Waals surface area contributed by atoms with Gasteiger partial charge in [-0.3, -0.25) is 14.2 Å². The molecule has 0 radical (unpaired) electrons. The molecule has 174 valence electrons. The van der Waals surface area contributed by atoms with Crippen LogP contribution in [0.15, 0.2) is 99.9 Å². The van der Waals surface area contributed by atoms with E-state index in [1.807, 2.05) is 6.07 Å². The van der Waals surface area contributed by atoms with Crippen molar-refractivity contribution < 1.29 is 13.6 Å². The monoisotopic (exact) mass is 487 g/mol. The predicted molar refractivity (Wildman–Crippen MR) is 132 cm³/mol. The molecule has 2 heterocycles. The first kappa shape index (κ1) is 22.6. The number of halogens is 2. The van der Waals surface area contributed by atoms with E-state index in [-0.39, 0.29) is 11.4 Å². The number of carbonyl (C=O) groups is 1. The Kier molecular flexibility index (Phi) is 5.96. The number of aromatic nitrogens is 1. The molecule has 1 N–H and O–H groups in total. The van der Waals surface area contributed by atoms with E-state index in [9.17, 15) is 18.4 Å². The number of nitrogens with zero attached hydrogens (tertiary/aromatic N) is 2. The standard InChI is InChI=1S/C27H19F2N3O2S/c1-16-23(25(33)31-21-5-3-2-4-6-21)24(18-9-13-20(29)14-10-18)32-26(34)22(35-27(32)30-16)15-17-7-11-19(28)12-8-17/h2-15,24H,1H3,(H,31,33)/b22-15+/t24-/m0/s1. The summed E-state index contributed by atoms with van der Waals surface area (Å²) < 4.78 is 28.9. The number of benzene rings is 3. The number of thiazole rings is 1. The number of carbonyl (C=O) groups excluding carboxylic acids is 1. The Morgan fingerprint density at radius 2 is 1.60 bits per heavy atom. The lowest BCUT2D eigenvalue weighted by atomic mass is 9.95. The number of allylic oxidation sites excluding steroid dienone is 1. The average molecular weight is 488 g/mol. The summed E-state index contributed by atoms with van der Waals surface area (Å²) in [7, 11) is 0. The van der Waals surface area contributed by atoms with Crippen LogP contribution in [0.3, 0.4) is 0 Å². The summed E-state index contributed by atoms with van der Waals surface area (Å²) in [4.78, 5) is 32.0. The molecule has 0 fully saturated rings. The fraction of sp³-hybridized carbons (Fsp3) is 0.0741. The van der Waals surface area contributed by atoms with Crippen molar-refractivity contribution in [1.29, 1.82) is 0 Å². The van der Waals surface area contributed by atoms with Crippen molar-refractivity contribution in [3.63, 3.8) is 0 Å². The molecule has 1 atom stereocenters. The molecule has 0 spiro atoms. The van der Waals surface area contributed by atoms with Crippen molar-refractivity contribution in [2.45, 2.75) is 13.0 Å². The van der Waals surface area contributed by atoms with Gasteiger partial charge in [-0.05, 0) is 60.5 Å². The lowest BCUT2D eigenvalue weighted by Crippen LogP contribution is -2.40. The van der Waals surface area contributed by atoms with Gasteiger partial charge in [-0.25, -0.2) is 13.8 Å². The van der Waals surface area contributed by atoms with Gasteiger partial charge in [0.15, 0.2) is 4.80 Å². The SMILES string of the molecule is CC1=C(C(=O)Nc2ccccc2)[C@H](c2ccc(F)cc2)n2c(s/c(=C/c3ccc(F)cc3)c2=O)=N1. The molecule has 0 saturated heterocycles. The van der Waals surface area contributed by atoms with Gasteiger partial charge in [0.05, 0.1) is 21.8 Å². The van der Waals surface area contributed by atoms with Crippen molar-refractivity contribution in [2.24, 2.45) is 4.99 Å². The van der Waals surface area contributed by atoms with Gasteiger partial charge in [0, 0.05) is 5.69 Å². The molecule has 1 amide bonds. The maximum atomic E-state index is 13.7. The quantitative estimate of drug-likeness (QED) is 0.470. The van der Waals surface area contributed by atoms with Gasteiger partial charge in [0.25, 0.3) is 11.5 Å². The van der Waals surface area contributed by atoms with E-state index in [0.717, 1.165) is 0 Å². The molecule has 5 nitrogen and oxygen atoms in total. The molecule has 8 heteroatoms. The zero-order valence-electron chi connectivity index (χ0n) is 18.5. The zero-order chi connectivity index (χ0) is 24.5. The molecular weight excluding hydrogens is 468 g/mol. The number of rotatable bonds is 4. The first-order chi connectivity index (χ1) is 16.9. The number of para-hydroxylation sites is 1. The van der Waals surface area contributed by atoms with E-state index in [1.165, 1.54) is 40.2 Å². The smallest absolute Gasteiger partial charge is 0.271 e. The highest BCUT2D eigenvalue weighted by atomic mass is 32.1. The van der Waals surface area contributed by atoms with Gasteiger partial charge in [-0.15, -0.1) is 0 Å². The molecule has 1 aliphatic heterocycles. The normalized spacial score (nSPS) is 15.5. The Balaban J connectivity index is 1.67. The first-order valence-electron chi connectivity index (χ1n) is 10.8. The Morgan fingerprint density at radius 3 is 2.26 bits per heavy atom. The lowest BCUT2D eigenvalue weighted by Gasteiger charge is -2.25. The van der Waals surface area contributed by atoms with Crippen LogP contribution in [0.2, 0.25) is 0 Å². The Labute approximate surface area is 203 Å².